The van der Waals surface area contributed by atoms with Crippen molar-refractivity contribution in [2.24, 2.45) is 5.10 Å². The average Bonchev–Trinajstić information content (AvgIpc) is 2.77. The van der Waals surface area contributed by atoms with Crippen LogP contribution in [-0.4, -0.2) is 12.1 Å². The maximum absolute atomic E-state index is 11.8. The lowest BCUT2D eigenvalue weighted by molar-refractivity contribution is -0.121. The Labute approximate surface area is 186 Å². The van der Waals surface area contributed by atoms with E-state index in [4.69, 9.17) is 0 Å². The Morgan fingerprint density at radius 1 is 0.767 bits per heavy atom. The van der Waals surface area contributed by atoms with Crippen molar-refractivity contribution < 1.29 is 4.79 Å². The molecular formula is C27H46N2O. The fourth-order valence-electron chi connectivity index (χ4n) is 3.77. The minimum atomic E-state index is 0.0423. The molecule has 0 saturated heterocycles. The first-order chi connectivity index (χ1) is 14.8. The Kier molecular flexibility index (Phi) is 18.1. The number of rotatable bonds is 20. The highest BCUT2D eigenvalue weighted by Gasteiger charge is 1.99. The summed E-state index contributed by atoms with van der Waals surface area (Å²) in [5, 5.41) is 4.05. The molecule has 0 spiro atoms. The highest BCUT2D eigenvalue weighted by atomic mass is 16.2. The second-order valence-corrected chi connectivity index (χ2v) is 8.57. The number of hydrogen-bond acceptors (Lipinski definition) is 2. The summed E-state index contributed by atoms with van der Waals surface area (Å²) in [5.74, 6) is 0.0423. The molecule has 3 heteroatoms. The SMILES string of the molecule is CCCCCCCCCCCCCCCCCC(=O)N/N=C\CCc1ccccc1. The summed E-state index contributed by atoms with van der Waals surface area (Å²) in [6.45, 7) is 2.28. The van der Waals surface area contributed by atoms with Crippen LogP contribution in [0.4, 0.5) is 0 Å². The summed E-state index contributed by atoms with van der Waals surface area (Å²) in [5.41, 5.74) is 3.95. The molecule has 0 heterocycles. The highest BCUT2D eigenvalue weighted by Crippen LogP contribution is 2.13. The summed E-state index contributed by atoms with van der Waals surface area (Å²) in [6, 6.07) is 10.3. The molecule has 0 aliphatic heterocycles. The fraction of sp³-hybridized carbons (Fsp3) is 0.704. The van der Waals surface area contributed by atoms with Crippen molar-refractivity contribution in [2.45, 2.75) is 122 Å². The molecule has 1 rings (SSSR count). The molecule has 170 valence electrons. The molecule has 0 saturated carbocycles. The van der Waals surface area contributed by atoms with Crippen LogP contribution in [0.2, 0.25) is 0 Å². The number of carbonyl (C=O) groups is 1. The number of amides is 1. The molecule has 1 aromatic rings. The maximum atomic E-state index is 11.8. The zero-order chi connectivity index (χ0) is 21.5. The number of hydrazone groups is 1. The van der Waals surface area contributed by atoms with Crippen molar-refractivity contribution in [1.82, 2.24) is 5.43 Å². The van der Waals surface area contributed by atoms with E-state index in [0.29, 0.717) is 6.42 Å². The van der Waals surface area contributed by atoms with Crippen molar-refractivity contribution in [2.75, 3.05) is 0 Å². The van der Waals surface area contributed by atoms with E-state index in [0.717, 1.165) is 25.7 Å². The predicted octanol–water partition coefficient (Wildman–Crippen LogP) is 7.98. The average molecular weight is 415 g/mol. The van der Waals surface area contributed by atoms with Crippen LogP contribution in [-0.2, 0) is 11.2 Å². The van der Waals surface area contributed by atoms with Crippen molar-refractivity contribution >= 4 is 12.1 Å². The van der Waals surface area contributed by atoms with E-state index in [2.05, 4.69) is 29.6 Å². The molecule has 3 nitrogen and oxygen atoms in total. The van der Waals surface area contributed by atoms with Crippen molar-refractivity contribution in [3.63, 3.8) is 0 Å². The van der Waals surface area contributed by atoms with Gasteiger partial charge in [-0.15, -0.1) is 0 Å². The van der Waals surface area contributed by atoms with Crippen LogP contribution < -0.4 is 5.43 Å². The second kappa shape index (κ2) is 20.6. The highest BCUT2D eigenvalue weighted by molar-refractivity contribution is 5.76. The molecular weight excluding hydrogens is 368 g/mol. The fourth-order valence-corrected chi connectivity index (χ4v) is 3.77. The molecule has 0 fully saturated rings. The monoisotopic (exact) mass is 414 g/mol. The van der Waals surface area contributed by atoms with E-state index in [9.17, 15) is 4.79 Å². The first-order valence-electron chi connectivity index (χ1n) is 12.7. The lowest BCUT2D eigenvalue weighted by Gasteiger charge is -2.03. The van der Waals surface area contributed by atoms with Crippen molar-refractivity contribution in [1.29, 1.82) is 0 Å². The van der Waals surface area contributed by atoms with Crippen LogP contribution >= 0.6 is 0 Å². The van der Waals surface area contributed by atoms with E-state index >= 15 is 0 Å². The van der Waals surface area contributed by atoms with Gasteiger partial charge in [-0.05, 0) is 24.8 Å². The number of unbranched alkanes of at least 4 members (excludes halogenated alkanes) is 14. The molecule has 1 N–H and O–H groups in total. The van der Waals surface area contributed by atoms with Crippen LogP contribution in [0.1, 0.15) is 122 Å². The minimum Gasteiger partial charge on any atom is -0.273 e. The summed E-state index contributed by atoms with van der Waals surface area (Å²) in [6.07, 6.45) is 24.4. The Hall–Kier alpha value is -1.64. The molecule has 0 aliphatic rings. The predicted molar refractivity (Wildman–Crippen MR) is 131 cm³/mol. The Bertz CT molecular complexity index is 527. The van der Waals surface area contributed by atoms with E-state index in [-0.39, 0.29) is 5.91 Å². The van der Waals surface area contributed by atoms with Gasteiger partial charge in [-0.3, -0.25) is 4.79 Å². The Morgan fingerprint density at radius 2 is 1.27 bits per heavy atom. The van der Waals surface area contributed by atoms with Gasteiger partial charge in [-0.1, -0.05) is 127 Å². The van der Waals surface area contributed by atoms with Crippen LogP contribution in [0, 0.1) is 0 Å². The van der Waals surface area contributed by atoms with Gasteiger partial charge in [-0.25, -0.2) is 5.43 Å². The maximum Gasteiger partial charge on any atom is 0.240 e. The van der Waals surface area contributed by atoms with Gasteiger partial charge < -0.3 is 0 Å². The van der Waals surface area contributed by atoms with E-state index in [1.807, 2.05) is 18.2 Å². The van der Waals surface area contributed by atoms with Gasteiger partial charge in [0.2, 0.25) is 5.91 Å². The number of aryl methyl sites for hydroxylation is 1. The number of carbonyl (C=O) groups excluding carboxylic acids is 1. The first kappa shape index (κ1) is 26.4. The zero-order valence-electron chi connectivity index (χ0n) is 19.5. The molecule has 0 aliphatic carbocycles. The van der Waals surface area contributed by atoms with Crippen molar-refractivity contribution in [3.05, 3.63) is 35.9 Å². The molecule has 30 heavy (non-hydrogen) atoms. The molecule has 1 amide bonds. The molecule has 0 radical (unpaired) electrons. The van der Waals surface area contributed by atoms with Gasteiger partial charge in [0.1, 0.15) is 0 Å². The van der Waals surface area contributed by atoms with E-state index in [1.165, 1.54) is 89.0 Å². The van der Waals surface area contributed by atoms with Crippen LogP contribution in [0.25, 0.3) is 0 Å². The van der Waals surface area contributed by atoms with Gasteiger partial charge in [0.25, 0.3) is 0 Å². The van der Waals surface area contributed by atoms with Crippen LogP contribution in [0.15, 0.2) is 35.4 Å². The van der Waals surface area contributed by atoms with Gasteiger partial charge in [0.05, 0.1) is 0 Å². The lowest BCUT2D eigenvalue weighted by Crippen LogP contribution is -2.16. The van der Waals surface area contributed by atoms with Crippen LogP contribution in [0.3, 0.4) is 0 Å². The third-order valence-corrected chi connectivity index (χ3v) is 5.69. The third kappa shape index (κ3) is 17.2. The molecule has 0 bridgehead atoms. The summed E-state index contributed by atoms with van der Waals surface area (Å²) < 4.78 is 0. The summed E-state index contributed by atoms with van der Waals surface area (Å²) in [7, 11) is 0. The minimum absolute atomic E-state index is 0.0423. The summed E-state index contributed by atoms with van der Waals surface area (Å²) in [4.78, 5) is 11.8. The smallest absolute Gasteiger partial charge is 0.240 e. The number of hydrogen-bond donors (Lipinski definition) is 1. The largest absolute Gasteiger partial charge is 0.273 e. The molecule has 1 aromatic carbocycles. The normalized spacial score (nSPS) is 11.2. The van der Waals surface area contributed by atoms with Crippen LogP contribution in [0.5, 0.6) is 0 Å². The standard InChI is InChI=1S/C27H46N2O/c1-2-3-4-5-6-7-8-9-10-11-12-13-14-15-19-24-27(30)29-28-25-20-23-26-21-17-16-18-22-26/h16-18,21-22,25H,2-15,19-20,23-24H2,1H3,(H,29,30)/b28-25-. The molecule has 0 atom stereocenters. The van der Waals surface area contributed by atoms with Crippen molar-refractivity contribution in [3.8, 4) is 0 Å². The molecule has 0 aromatic heterocycles. The van der Waals surface area contributed by atoms with Gasteiger partial charge >= 0.3 is 0 Å². The quantitative estimate of drug-likeness (QED) is 0.131. The van der Waals surface area contributed by atoms with E-state index in [1.54, 1.807) is 6.21 Å². The van der Waals surface area contributed by atoms with Gasteiger partial charge in [0, 0.05) is 12.6 Å². The zero-order valence-corrected chi connectivity index (χ0v) is 19.5. The number of benzene rings is 1. The second-order valence-electron chi connectivity index (χ2n) is 8.57. The Balaban J connectivity index is 1.79. The number of nitrogens with zero attached hydrogens (tertiary/aromatic N) is 1. The van der Waals surface area contributed by atoms with E-state index < -0.39 is 0 Å². The summed E-state index contributed by atoms with van der Waals surface area (Å²) >= 11 is 0. The third-order valence-electron chi connectivity index (χ3n) is 5.69. The molecule has 0 unspecified atom stereocenters. The topological polar surface area (TPSA) is 41.5 Å². The van der Waals surface area contributed by atoms with Gasteiger partial charge in [0.15, 0.2) is 0 Å². The lowest BCUT2D eigenvalue weighted by atomic mass is 10.0. The van der Waals surface area contributed by atoms with Gasteiger partial charge in [-0.2, -0.15) is 5.10 Å². The first-order valence-corrected chi connectivity index (χ1v) is 12.7. The Morgan fingerprint density at radius 3 is 1.80 bits per heavy atom. The number of nitrogens with one attached hydrogen (secondary N) is 1.